The van der Waals surface area contributed by atoms with Gasteiger partial charge in [-0.1, -0.05) is 43.7 Å². The molecule has 8 nitrogen and oxygen atoms in total. The Kier molecular flexibility index (Phi) is 10.1. The molecular weight excluding hydrogens is 466 g/mol. The fourth-order valence-corrected chi connectivity index (χ4v) is 4.26. The monoisotopic (exact) mass is 503 g/mol. The second-order valence-corrected chi connectivity index (χ2v) is 10.9. The van der Waals surface area contributed by atoms with Gasteiger partial charge in [0.05, 0.1) is 18.6 Å². The van der Waals surface area contributed by atoms with Crippen LogP contribution in [0.3, 0.4) is 0 Å². The van der Waals surface area contributed by atoms with Crippen molar-refractivity contribution < 1.29 is 22.7 Å². The first-order valence-electron chi connectivity index (χ1n) is 11.8. The molecule has 0 aliphatic rings. The molecule has 0 fully saturated rings. The number of carbonyl (C=O) groups excluding carboxylic acids is 2. The molecule has 0 saturated carbocycles. The van der Waals surface area contributed by atoms with Gasteiger partial charge >= 0.3 is 0 Å². The van der Waals surface area contributed by atoms with Crippen LogP contribution < -0.4 is 14.4 Å². The number of anilines is 1. The second kappa shape index (κ2) is 12.6. The molecule has 2 aromatic carbocycles. The Balaban J connectivity index is 2.33. The molecule has 192 valence electrons. The van der Waals surface area contributed by atoms with Crippen molar-refractivity contribution in [3.8, 4) is 5.75 Å². The summed E-state index contributed by atoms with van der Waals surface area (Å²) in [5.41, 5.74) is 2.27. The van der Waals surface area contributed by atoms with Crippen molar-refractivity contribution in [1.29, 1.82) is 0 Å². The maximum atomic E-state index is 13.5. The van der Waals surface area contributed by atoms with E-state index in [4.69, 9.17) is 4.74 Å². The first-order valence-corrected chi connectivity index (χ1v) is 13.6. The van der Waals surface area contributed by atoms with E-state index >= 15 is 0 Å². The Morgan fingerprint density at radius 2 is 1.60 bits per heavy atom. The minimum atomic E-state index is -3.77. The van der Waals surface area contributed by atoms with E-state index in [0.717, 1.165) is 21.7 Å². The summed E-state index contributed by atoms with van der Waals surface area (Å²) in [4.78, 5) is 27.8. The second-order valence-electron chi connectivity index (χ2n) is 9.02. The van der Waals surface area contributed by atoms with Gasteiger partial charge < -0.3 is 15.0 Å². The average Bonchev–Trinajstić information content (AvgIpc) is 2.80. The van der Waals surface area contributed by atoms with Crippen molar-refractivity contribution in [2.45, 2.75) is 47.2 Å². The van der Waals surface area contributed by atoms with Crippen LogP contribution in [-0.2, 0) is 26.2 Å². The highest BCUT2D eigenvalue weighted by Gasteiger charge is 2.30. The van der Waals surface area contributed by atoms with Crippen LogP contribution in [0.2, 0.25) is 0 Å². The molecule has 0 aliphatic carbocycles. The lowest BCUT2D eigenvalue weighted by molar-refractivity contribution is -0.139. The van der Waals surface area contributed by atoms with E-state index in [1.165, 1.54) is 4.90 Å². The number of benzene rings is 2. The number of rotatable bonds is 12. The fourth-order valence-electron chi connectivity index (χ4n) is 3.41. The first kappa shape index (κ1) is 28.2. The quantitative estimate of drug-likeness (QED) is 0.479. The molecule has 0 unspecified atom stereocenters. The lowest BCUT2D eigenvalue weighted by Gasteiger charge is -2.31. The summed E-state index contributed by atoms with van der Waals surface area (Å²) < 4.78 is 31.7. The van der Waals surface area contributed by atoms with E-state index in [1.54, 1.807) is 31.2 Å². The van der Waals surface area contributed by atoms with E-state index in [2.05, 4.69) is 5.32 Å². The van der Waals surface area contributed by atoms with Gasteiger partial charge in [-0.3, -0.25) is 13.9 Å². The standard InChI is InChI=1S/C26H37N3O5S/c1-7-34-24-14-12-23(13-15-24)29(35(6,32)33)18-25(30)28(17-22-10-8-20(4)9-11-22)21(5)26(31)27-16-19(2)3/h8-15,19,21H,7,16-18H2,1-6H3,(H,27,31)/t21-/m0/s1. The normalized spacial score (nSPS) is 12.2. The van der Waals surface area contributed by atoms with E-state index in [-0.39, 0.29) is 18.4 Å². The van der Waals surface area contributed by atoms with Crippen LogP contribution in [0.25, 0.3) is 0 Å². The molecule has 2 rings (SSSR count). The molecule has 1 N–H and O–H groups in total. The van der Waals surface area contributed by atoms with E-state index < -0.39 is 28.5 Å². The number of aryl methyl sites for hydroxylation is 1. The molecule has 1 atom stereocenters. The van der Waals surface area contributed by atoms with Gasteiger partial charge in [0, 0.05) is 13.1 Å². The summed E-state index contributed by atoms with van der Waals surface area (Å²) in [6.07, 6.45) is 1.06. The lowest BCUT2D eigenvalue weighted by Crippen LogP contribution is -2.51. The smallest absolute Gasteiger partial charge is 0.244 e. The van der Waals surface area contributed by atoms with Crippen LogP contribution in [0.4, 0.5) is 5.69 Å². The van der Waals surface area contributed by atoms with Crippen molar-refractivity contribution >= 4 is 27.5 Å². The molecule has 0 aliphatic heterocycles. The van der Waals surface area contributed by atoms with Gasteiger partial charge in [0.2, 0.25) is 21.8 Å². The van der Waals surface area contributed by atoms with Crippen molar-refractivity contribution in [3.05, 3.63) is 59.7 Å². The highest BCUT2D eigenvalue weighted by atomic mass is 32.2. The molecule has 0 spiro atoms. The molecule has 2 amide bonds. The average molecular weight is 504 g/mol. The van der Waals surface area contributed by atoms with Crippen LogP contribution in [0.5, 0.6) is 5.75 Å². The number of hydrogen-bond donors (Lipinski definition) is 1. The third-order valence-corrected chi connectivity index (χ3v) is 6.58. The Morgan fingerprint density at radius 1 is 1.00 bits per heavy atom. The molecule has 0 heterocycles. The highest BCUT2D eigenvalue weighted by Crippen LogP contribution is 2.22. The summed E-state index contributed by atoms with van der Waals surface area (Å²) >= 11 is 0. The van der Waals surface area contributed by atoms with Gasteiger partial charge in [0.15, 0.2) is 0 Å². The summed E-state index contributed by atoms with van der Waals surface area (Å²) in [7, 11) is -3.77. The highest BCUT2D eigenvalue weighted by molar-refractivity contribution is 7.92. The summed E-state index contributed by atoms with van der Waals surface area (Å²) in [5.74, 6) is 0.100. The molecule has 2 aromatic rings. The largest absolute Gasteiger partial charge is 0.494 e. The first-order chi connectivity index (χ1) is 16.4. The van der Waals surface area contributed by atoms with Crippen LogP contribution >= 0.6 is 0 Å². The zero-order chi connectivity index (χ0) is 26.2. The third kappa shape index (κ3) is 8.58. The molecule has 0 aromatic heterocycles. The maximum absolute atomic E-state index is 13.5. The van der Waals surface area contributed by atoms with Crippen LogP contribution in [0.1, 0.15) is 38.8 Å². The number of carbonyl (C=O) groups is 2. The summed E-state index contributed by atoms with van der Waals surface area (Å²) in [6, 6.07) is 13.4. The van der Waals surface area contributed by atoms with Gasteiger partial charge in [0.25, 0.3) is 0 Å². The number of nitrogens with one attached hydrogen (secondary N) is 1. The van der Waals surface area contributed by atoms with E-state index in [1.807, 2.05) is 52.0 Å². The maximum Gasteiger partial charge on any atom is 0.244 e. The topological polar surface area (TPSA) is 96.0 Å². The van der Waals surface area contributed by atoms with Crippen LogP contribution in [0.15, 0.2) is 48.5 Å². The predicted molar refractivity (Wildman–Crippen MR) is 139 cm³/mol. The molecule has 9 heteroatoms. The van der Waals surface area contributed by atoms with Crippen molar-refractivity contribution in [1.82, 2.24) is 10.2 Å². The molecule has 0 saturated heterocycles. The molecule has 0 radical (unpaired) electrons. The van der Waals surface area contributed by atoms with Crippen LogP contribution in [0, 0.1) is 12.8 Å². The minimum Gasteiger partial charge on any atom is -0.494 e. The van der Waals surface area contributed by atoms with Crippen molar-refractivity contribution in [3.63, 3.8) is 0 Å². The van der Waals surface area contributed by atoms with Crippen molar-refractivity contribution in [2.24, 2.45) is 5.92 Å². The zero-order valence-electron chi connectivity index (χ0n) is 21.4. The predicted octanol–water partition coefficient (Wildman–Crippen LogP) is 3.35. The van der Waals surface area contributed by atoms with Crippen LogP contribution in [-0.4, -0.2) is 57.1 Å². The van der Waals surface area contributed by atoms with E-state index in [9.17, 15) is 18.0 Å². The van der Waals surface area contributed by atoms with E-state index in [0.29, 0.717) is 24.6 Å². The Bertz CT molecular complexity index is 1080. The van der Waals surface area contributed by atoms with Gasteiger partial charge in [-0.05, 0) is 56.5 Å². The van der Waals surface area contributed by atoms with Gasteiger partial charge in [-0.15, -0.1) is 0 Å². The Morgan fingerprint density at radius 3 is 2.11 bits per heavy atom. The third-order valence-electron chi connectivity index (χ3n) is 5.44. The molecule has 35 heavy (non-hydrogen) atoms. The summed E-state index contributed by atoms with van der Waals surface area (Å²) in [6.45, 7) is 10.2. The number of sulfonamides is 1. The Labute approximate surface area is 209 Å². The van der Waals surface area contributed by atoms with Gasteiger partial charge in [-0.25, -0.2) is 8.42 Å². The summed E-state index contributed by atoms with van der Waals surface area (Å²) in [5, 5.41) is 2.87. The Hall–Kier alpha value is -3.07. The molecule has 0 bridgehead atoms. The van der Waals surface area contributed by atoms with Gasteiger partial charge in [0.1, 0.15) is 18.3 Å². The number of hydrogen-bond acceptors (Lipinski definition) is 5. The SMILES string of the molecule is CCOc1ccc(N(CC(=O)N(Cc2ccc(C)cc2)[C@@H](C)C(=O)NCC(C)C)S(C)(=O)=O)cc1. The van der Waals surface area contributed by atoms with Crippen molar-refractivity contribution in [2.75, 3.05) is 30.3 Å². The fraction of sp³-hybridized carbons (Fsp3) is 0.462. The number of amides is 2. The zero-order valence-corrected chi connectivity index (χ0v) is 22.3. The number of nitrogens with zero attached hydrogens (tertiary/aromatic N) is 2. The van der Waals surface area contributed by atoms with Gasteiger partial charge in [-0.2, -0.15) is 0 Å². The molecular formula is C26H37N3O5S. The minimum absolute atomic E-state index is 0.177. The lowest BCUT2D eigenvalue weighted by atomic mass is 10.1. The number of ether oxygens (including phenoxy) is 1.